The summed E-state index contributed by atoms with van der Waals surface area (Å²) in [6.45, 7) is 4.31. The number of nitro groups is 1. The topological polar surface area (TPSA) is 547 Å². The number of anilines is 4. The number of nitro benzene ring substituents is 1. The second-order valence-electron chi connectivity index (χ2n) is 21.1. The van der Waals surface area contributed by atoms with E-state index in [1.807, 2.05) is 0 Å². The smallest absolute Gasteiger partial charge is 0.297 e. The van der Waals surface area contributed by atoms with Gasteiger partial charge in [-0.1, -0.05) is 24.3 Å². The van der Waals surface area contributed by atoms with Gasteiger partial charge in [-0.15, -0.1) is 54.2 Å². The molecular formula is C57H53N17O19S7. The van der Waals surface area contributed by atoms with E-state index < -0.39 is 99.8 Å². The minimum atomic E-state index is -5.05. The Labute approximate surface area is 576 Å². The molecule has 43 heteroatoms. The summed E-state index contributed by atoms with van der Waals surface area (Å²) in [5, 5.41) is 74.6. The molecule has 36 nitrogen and oxygen atoms in total. The summed E-state index contributed by atoms with van der Waals surface area (Å²) in [7, 11) is -23.1. The van der Waals surface area contributed by atoms with Crippen molar-refractivity contribution in [3.05, 3.63) is 142 Å². The summed E-state index contributed by atoms with van der Waals surface area (Å²) >= 11 is 2.12. The predicted molar refractivity (Wildman–Crippen MR) is 365 cm³/mol. The molecule has 8 N–H and O–H groups in total. The average Bonchev–Trinajstić information content (AvgIpc) is 1.57. The molecule has 9 rings (SSSR count). The van der Waals surface area contributed by atoms with E-state index in [4.69, 9.17) is 4.74 Å². The van der Waals surface area contributed by atoms with Crippen molar-refractivity contribution in [1.82, 2.24) is 24.3 Å². The van der Waals surface area contributed by atoms with Crippen molar-refractivity contribution in [3.63, 3.8) is 0 Å². The fourth-order valence-corrected chi connectivity index (χ4v) is 14.2. The number of ether oxygens (including phenoxy) is 1. The van der Waals surface area contributed by atoms with E-state index in [0.717, 1.165) is 48.1 Å². The number of hydrogen-bond acceptors (Lipinski definition) is 31. The standard InChI is InChI=1S/C57H53N17O19S7/c1-32-23-45(49(94-18-9-21-97(81,82)83)28-40(32)66-65-39-16-15-35(74(76)77)25-52(39)100(90,91)92)70-67-41-29-50(95-19-10-22-98(84,85)86)46(24-33(41)2)71-68-43-27-48(93-17-8-20-96(78,79)80)44(69-72-53-34(3)36(30-58)54-61-37-11-4-6-13-47(37)73(54)55(53)75)26-42(43)63-57-60-31-59-56(64-57)62-38-12-5-7-14-51(38)99(87,88)89/h4-7,11-16,23-29,31,75H,8-10,17-22H2,1-3H3,(H,78,79,80)(H,81,82,83)(H,84,85,86)(H,87,88,89)(H,90,91,92)(H2,59,60,62,63,64). The molecule has 0 radical (unpaired) electrons. The van der Waals surface area contributed by atoms with E-state index in [1.165, 1.54) is 65.9 Å². The van der Waals surface area contributed by atoms with Gasteiger partial charge in [0.05, 0.1) is 73.9 Å². The highest BCUT2D eigenvalue weighted by Crippen LogP contribution is 2.46. The Balaban J connectivity index is 1.16. The largest absolute Gasteiger partial charge is 0.493 e. The zero-order valence-electron chi connectivity index (χ0n) is 51.8. The van der Waals surface area contributed by atoms with E-state index in [-0.39, 0.29) is 128 Å². The van der Waals surface area contributed by atoms with Crippen LogP contribution < -0.4 is 15.4 Å². The van der Waals surface area contributed by atoms with Gasteiger partial charge in [-0.25, -0.2) is 15.0 Å². The molecule has 0 unspecified atom stereocenters. The molecule has 0 atom stereocenters. The Kier molecular flexibility index (Phi) is 23.1. The van der Waals surface area contributed by atoms with Crippen LogP contribution in [0.15, 0.2) is 170 Å². The van der Waals surface area contributed by atoms with Crippen LogP contribution in [0.5, 0.6) is 11.6 Å². The number of nitrogens with one attached hydrogen (secondary N) is 2. The van der Waals surface area contributed by atoms with Crippen LogP contribution in [0.25, 0.3) is 16.7 Å². The number of aromatic hydroxyl groups is 1. The van der Waals surface area contributed by atoms with Gasteiger partial charge in [0.25, 0.3) is 56.3 Å². The van der Waals surface area contributed by atoms with Gasteiger partial charge in [-0.3, -0.25) is 37.3 Å². The van der Waals surface area contributed by atoms with Gasteiger partial charge in [-0.2, -0.15) is 62.6 Å². The van der Waals surface area contributed by atoms with E-state index in [2.05, 4.69) is 77.6 Å². The number of para-hydroxylation sites is 3. The molecule has 6 aromatic carbocycles. The Morgan fingerprint density at radius 3 is 1.67 bits per heavy atom. The molecule has 0 amide bonds. The van der Waals surface area contributed by atoms with Crippen LogP contribution >= 0.6 is 23.5 Å². The van der Waals surface area contributed by atoms with Crippen LogP contribution in [-0.2, 0) is 50.6 Å². The van der Waals surface area contributed by atoms with Gasteiger partial charge in [0.15, 0.2) is 11.3 Å². The molecule has 0 aliphatic carbocycles. The molecule has 522 valence electrons. The number of imidazole rings is 1. The highest BCUT2D eigenvalue weighted by Gasteiger charge is 2.25. The number of benzene rings is 6. The fourth-order valence-electron chi connectivity index (χ4n) is 9.14. The van der Waals surface area contributed by atoms with Gasteiger partial charge >= 0.3 is 0 Å². The number of fused-ring (bicyclic) bond motifs is 3. The SMILES string of the molecule is Cc1cc(N=Nc2cc(OCCCS(=O)(=O)O)c(N=Nc3c(C)c(C#N)c4nc5ccccc5n4c3O)cc2Nc2ncnc(Nc3ccccc3S(=O)(=O)O)n2)c(SCCCS(=O)(=O)O)cc1N=Nc1cc(C)c(N=Nc2ccc([N+](=O)[O-])cc2S(=O)(=O)O)cc1SCCCS(=O)(=O)O. The number of nitrogens with zero attached hydrogens (tertiary/aromatic N) is 15. The van der Waals surface area contributed by atoms with Crippen LogP contribution in [0.4, 0.5) is 74.5 Å². The van der Waals surface area contributed by atoms with Crippen molar-refractivity contribution < 1.29 is 79.6 Å². The van der Waals surface area contributed by atoms with Crippen LogP contribution in [0.3, 0.4) is 0 Å². The van der Waals surface area contributed by atoms with Gasteiger partial charge < -0.3 is 20.5 Å². The fraction of sp³-hybridized carbons (Fsp3) is 0.211. The molecule has 3 heterocycles. The third kappa shape index (κ3) is 19.5. The maximum absolute atomic E-state index is 12.3. The lowest BCUT2D eigenvalue weighted by Crippen LogP contribution is -2.08. The second kappa shape index (κ2) is 31.1. The molecular weight excluding hydrogens is 1450 g/mol. The van der Waals surface area contributed by atoms with Crippen LogP contribution in [0, 0.1) is 42.2 Å². The minimum Gasteiger partial charge on any atom is -0.493 e. The van der Waals surface area contributed by atoms with Gasteiger partial charge in [0.2, 0.25) is 17.8 Å². The number of thioether (sulfide) groups is 2. The van der Waals surface area contributed by atoms with Crippen molar-refractivity contribution in [2.75, 3.05) is 46.0 Å². The number of azo groups is 4. The second-order valence-corrected chi connectivity index (χ2v) is 30.9. The lowest BCUT2D eigenvalue weighted by molar-refractivity contribution is -0.385. The first-order valence-corrected chi connectivity index (χ1v) is 38.3. The summed E-state index contributed by atoms with van der Waals surface area (Å²) < 4.78 is 176. The first-order chi connectivity index (χ1) is 47.1. The first kappa shape index (κ1) is 74.2. The van der Waals surface area contributed by atoms with Crippen LogP contribution in [0.1, 0.15) is 41.5 Å². The van der Waals surface area contributed by atoms with Crippen molar-refractivity contribution >= 4 is 165 Å². The molecule has 0 saturated heterocycles. The summed E-state index contributed by atoms with van der Waals surface area (Å²) in [5.41, 5.74) is 0.696. The summed E-state index contributed by atoms with van der Waals surface area (Å²) in [5.74, 6) is -3.00. The third-order valence-electron chi connectivity index (χ3n) is 13.8. The Bertz CT molecular complexity index is 5510. The van der Waals surface area contributed by atoms with E-state index in [0.29, 0.717) is 33.1 Å². The highest BCUT2D eigenvalue weighted by molar-refractivity contribution is 7.99. The molecule has 0 spiro atoms. The van der Waals surface area contributed by atoms with Crippen molar-refractivity contribution in [2.24, 2.45) is 40.9 Å². The summed E-state index contributed by atoms with van der Waals surface area (Å²) in [6.07, 6.45) is 0.635. The lowest BCUT2D eigenvalue weighted by atomic mass is 10.1. The number of non-ortho nitro benzene ring substituents is 1. The van der Waals surface area contributed by atoms with Crippen molar-refractivity contribution in [1.29, 1.82) is 5.26 Å². The van der Waals surface area contributed by atoms with E-state index in [1.54, 1.807) is 38.1 Å². The van der Waals surface area contributed by atoms with E-state index >= 15 is 0 Å². The molecule has 3 aromatic heterocycles. The number of nitriles is 1. The molecule has 0 saturated carbocycles. The molecule has 0 aliphatic heterocycles. The highest BCUT2D eigenvalue weighted by atomic mass is 32.2. The predicted octanol–water partition coefficient (Wildman–Crippen LogP) is 13.1. The maximum Gasteiger partial charge on any atom is 0.297 e. The number of pyridine rings is 1. The Morgan fingerprint density at radius 1 is 0.580 bits per heavy atom. The van der Waals surface area contributed by atoms with E-state index in [9.17, 15) is 85.3 Å². The monoisotopic (exact) mass is 1500 g/mol. The molecule has 100 heavy (non-hydrogen) atoms. The van der Waals surface area contributed by atoms with Gasteiger partial charge in [0, 0.05) is 33.6 Å². The Morgan fingerprint density at radius 2 is 1.10 bits per heavy atom. The number of hydrogen-bond donors (Lipinski definition) is 8. The van der Waals surface area contributed by atoms with Crippen LogP contribution in [0.2, 0.25) is 0 Å². The molecule has 0 fully saturated rings. The van der Waals surface area contributed by atoms with Crippen molar-refractivity contribution in [3.8, 4) is 17.7 Å². The first-order valence-electron chi connectivity index (χ1n) is 28.6. The quantitative estimate of drug-likeness (QED) is 0.00517. The lowest BCUT2D eigenvalue weighted by Gasteiger charge is -2.14. The summed E-state index contributed by atoms with van der Waals surface area (Å²) in [4.78, 5) is 26.9. The zero-order valence-corrected chi connectivity index (χ0v) is 57.5. The van der Waals surface area contributed by atoms with Crippen molar-refractivity contribution in [2.45, 2.75) is 59.6 Å². The third-order valence-corrected chi connectivity index (χ3v) is 20.3. The number of rotatable bonds is 30. The molecule has 9 aromatic rings. The normalized spacial score (nSPS) is 12.6. The molecule has 0 aliphatic rings. The maximum atomic E-state index is 12.3. The van der Waals surface area contributed by atoms with Crippen LogP contribution in [-0.4, -0.2) is 135 Å². The average molecular weight is 1500 g/mol. The minimum absolute atomic E-state index is 0.0373. The number of aromatic nitrogens is 5. The van der Waals surface area contributed by atoms with Gasteiger partial charge in [0.1, 0.15) is 50.6 Å². The molecule has 0 bridgehead atoms. The zero-order chi connectivity index (χ0) is 72.5. The Hall–Kier alpha value is -9.98. The number of aryl methyl sites for hydroxylation is 2. The summed E-state index contributed by atoms with van der Waals surface area (Å²) in [6, 6.07) is 25.3. The van der Waals surface area contributed by atoms with Gasteiger partial charge in [-0.05, 0) is 123 Å².